The monoisotopic (exact) mass is 281 g/mol. The van der Waals surface area contributed by atoms with Gasteiger partial charge in [-0.25, -0.2) is 0 Å². The van der Waals surface area contributed by atoms with E-state index in [1.54, 1.807) is 12.1 Å². The molecule has 0 fully saturated rings. The van der Waals surface area contributed by atoms with E-state index < -0.39 is 19.3 Å². The Balaban J connectivity index is 2.63. The number of ketones is 1. The van der Waals surface area contributed by atoms with E-state index >= 15 is 0 Å². The lowest BCUT2D eigenvalue weighted by Gasteiger charge is -2.21. The van der Waals surface area contributed by atoms with E-state index in [9.17, 15) is 18.0 Å². The molecule has 1 heterocycles. The molecule has 0 amide bonds. The summed E-state index contributed by atoms with van der Waals surface area (Å²) in [5.41, 5.74) is 0. The number of alkyl halides is 3. The SMILES string of the molecule is Cc1ccc(C(=O)CN(CCO)CC(F)(F)F)s1. The van der Waals surface area contributed by atoms with Gasteiger partial charge in [0, 0.05) is 11.4 Å². The van der Waals surface area contributed by atoms with E-state index in [0.717, 1.165) is 9.78 Å². The first kappa shape index (κ1) is 15.1. The molecule has 1 aromatic heterocycles. The van der Waals surface area contributed by atoms with Gasteiger partial charge in [0.1, 0.15) is 0 Å². The van der Waals surface area contributed by atoms with Gasteiger partial charge < -0.3 is 5.11 Å². The fourth-order valence-corrected chi connectivity index (χ4v) is 2.27. The molecule has 0 atom stereocenters. The van der Waals surface area contributed by atoms with Crippen LogP contribution in [0.4, 0.5) is 13.2 Å². The molecule has 1 rings (SSSR count). The topological polar surface area (TPSA) is 40.5 Å². The molecule has 1 N–H and O–H groups in total. The second kappa shape index (κ2) is 6.31. The molecule has 0 radical (unpaired) electrons. The largest absolute Gasteiger partial charge is 0.401 e. The zero-order chi connectivity index (χ0) is 13.8. The summed E-state index contributed by atoms with van der Waals surface area (Å²) >= 11 is 1.25. The van der Waals surface area contributed by atoms with Crippen molar-refractivity contribution in [2.75, 3.05) is 26.2 Å². The molecule has 0 aliphatic carbocycles. The number of thiophene rings is 1. The number of carbonyl (C=O) groups excluding carboxylic acids is 1. The Morgan fingerprint density at radius 1 is 1.44 bits per heavy atom. The minimum absolute atomic E-state index is 0.171. The van der Waals surface area contributed by atoms with Gasteiger partial charge in [0.25, 0.3) is 0 Å². The summed E-state index contributed by atoms with van der Waals surface area (Å²) in [5.74, 6) is -0.356. The zero-order valence-electron chi connectivity index (χ0n) is 9.83. The predicted octanol–water partition coefficient (Wildman–Crippen LogP) is 2.10. The van der Waals surface area contributed by atoms with Crippen molar-refractivity contribution in [2.24, 2.45) is 0 Å². The van der Waals surface area contributed by atoms with E-state index in [-0.39, 0.29) is 18.9 Å². The maximum absolute atomic E-state index is 12.3. The average Bonchev–Trinajstić information content (AvgIpc) is 2.62. The van der Waals surface area contributed by atoms with Crippen LogP contribution < -0.4 is 0 Å². The Labute approximate surface area is 107 Å². The average molecular weight is 281 g/mol. The third-order valence-corrected chi connectivity index (χ3v) is 3.24. The van der Waals surface area contributed by atoms with Gasteiger partial charge in [-0.1, -0.05) is 0 Å². The smallest absolute Gasteiger partial charge is 0.395 e. The maximum Gasteiger partial charge on any atom is 0.401 e. The van der Waals surface area contributed by atoms with Crippen LogP contribution in [0.15, 0.2) is 12.1 Å². The predicted molar refractivity (Wildman–Crippen MR) is 63.0 cm³/mol. The third-order valence-electron chi connectivity index (χ3n) is 2.20. The molecule has 0 saturated carbocycles. The van der Waals surface area contributed by atoms with E-state index in [1.807, 2.05) is 6.92 Å². The van der Waals surface area contributed by atoms with Crippen LogP contribution in [-0.4, -0.2) is 48.2 Å². The minimum atomic E-state index is -4.37. The second-order valence-corrected chi connectivity index (χ2v) is 5.17. The molecule has 102 valence electrons. The summed E-state index contributed by atoms with van der Waals surface area (Å²) in [7, 11) is 0. The molecular weight excluding hydrogens is 267 g/mol. The summed E-state index contributed by atoms with van der Waals surface area (Å²) in [6.45, 7) is -0.283. The fourth-order valence-electron chi connectivity index (χ4n) is 1.47. The van der Waals surface area contributed by atoms with Gasteiger partial charge in [0.15, 0.2) is 5.78 Å². The number of carbonyl (C=O) groups is 1. The van der Waals surface area contributed by atoms with Crippen molar-refractivity contribution in [1.29, 1.82) is 0 Å². The summed E-state index contributed by atoms with van der Waals surface area (Å²) in [5, 5.41) is 8.70. The van der Waals surface area contributed by atoms with Crippen molar-refractivity contribution < 1.29 is 23.1 Å². The van der Waals surface area contributed by atoms with Gasteiger partial charge in [-0.2, -0.15) is 13.2 Å². The summed E-state index contributed by atoms with van der Waals surface area (Å²) in [6, 6.07) is 3.35. The molecule has 0 aromatic carbocycles. The van der Waals surface area contributed by atoms with Crippen molar-refractivity contribution in [2.45, 2.75) is 13.1 Å². The van der Waals surface area contributed by atoms with Crippen molar-refractivity contribution in [3.63, 3.8) is 0 Å². The number of aliphatic hydroxyl groups excluding tert-OH is 1. The first-order valence-corrected chi connectivity index (χ1v) is 6.13. The first-order valence-electron chi connectivity index (χ1n) is 5.31. The van der Waals surface area contributed by atoms with Gasteiger partial charge in [0.2, 0.25) is 0 Å². The summed E-state index contributed by atoms with van der Waals surface area (Å²) in [6.07, 6.45) is -4.37. The van der Waals surface area contributed by atoms with Crippen LogP contribution in [0.3, 0.4) is 0 Å². The zero-order valence-corrected chi connectivity index (χ0v) is 10.6. The molecule has 0 unspecified atom stereocenters. The Kier molecular flexibility index (Phi) is 5.30. The highest BCUT2D eigenvalue weighted by molar-refractivity contribution is 7.14. The summed E-state index contributed by atoms with van der Waals surface area (Å²) in [4.78, 5) is 14.0. The van der Waals surface area contributed by atoms with Gasteiger partial charge in [0.05, 0.1) is 24.6 Å². The molecule has 0 aliphatic rings. The van der Waals surface area contributed by atoms with Crippen LogP contribution in [0.2, 0.25) is 0 Å². The highest BCUT2D eigenvalue weighted by Gasteiger charge is 2.31. The lowest BCUT2D eigenvalue weighted by molar-refractivity contribution is -0.145. The molecule has 0 aliphatic heterocycles. The number of nitrogens with zero attached hydrogens (tertiary/aromatic N) is 1. The Morgan fingerprint density at radius 3 is 2.56 bits per heavy atom. The van der Waals surface area contributed by atoms with Crippen LogP contribution in [-0.2, 0) is 0 Å². The fraction of sp³-hybridized carbons (Fsp3) is 0.545. The van der Waals surface area contributed by atoms with Crippen LogP contribution in [0.1, 0.15) is 14.5 Å². The molecule has 0 bridgehead atoms. The molecule has 1 aromatic rings. The number of rotatable bonds is 6. The van der Waals surface area contributed by atoms with Gasteiger partial charge in [-0.3, -0.25) is 9.69 Å². The highest BCUT2D eigenvalue weighted by Crippen LogP contribution is 2.19. The van der Waals surface area contributed by atoms with Gasteiger partial charge in [-0.15, -0.1) is 11.3 Å². The van der Waals surface area contributed by atoms with E-state index in [4.69, 9.17) is 5.11 Å². The van der Waals surface area contributed by atoms with Gasteiger partial charge >= 0.3 is 6.18 Å². The quantitative estimate of drug-likeness (QED) is 0.812. The van der Waals surface area contributed by atoms with E-state index in [1.165, 1.54) is 11.3 Å². The van der Waals surface area contributed by atoms with Crippen LogP contribution >= 0.6 is 11.3 Å². The lowest BCUT2D eigenvalue weighted by Crippen LogP contribution is -2.39. The number of aryl methyl sites for hydroxylation is 1. The van der Waals surface area contributed by atoms with Crippen molar-refractivity contribution >= 4 is 17.1 Å². The number of hydrogen-bond acceptors (Lipinski definition) is 4. The van der Waals surface area contributed by atoms with Gasteiger partial charge in [-0.05, 0) is 19.1 Å². The molecule has 0 saturated heterocycles. The Morgan fingerprint density at radius 2 is 2.11 bits per heavy atom. The number of aliphatic hydroxyl groups is 1. The third kappa shape index (κ3) is 5.16. The minimum Gasteiger partial charge on any atom is -0.395 e. The van der Waals surface area contributed by atoms with Crippen molar-refractivity contribution in [3.8, 4) is 0 Å². The normalized spacial score (nSPS) is 12.1. The Hall–Kier alpha value is -0.920. The molecule has 7 heteroatoms. The lowest BCUT2D eigenvalue weighted by atomic mass is 10.3. The number of Topliss-reactive ketones (excluding diaryl/α,β-unsaturated/α-hetero) is 1. The molecule has 0 spiro atoms. The first-order chi connectivity index (χ1) is 8.31. The van der Waals surface area contributed by atoms with E-state index in [2.05, 4.69) is 0 Å². The summed E-state index contributed by atoms with van der Waals surface area (Å²) < 4.78 is 36.8. The number of hydrogen-bond donors (Lipinski definition) is 1. The molecular formula is C11H14F3NO2S. The van der Waals surface area contributed by atoms with Crippen LogP contribution in [0, 0.1) is 6.92 Å². The molecule has 18 heavy (non-hydrogen) atoms. The highest BCUT2D eigenvalue weighted by atomic mass is 32.1. The van der Waals surface area contributed by atoms with Crippen molar-refractivity contribution in [3.05, 3.63) is 21.9 Å². The standard InChI is InChI=1S/C11H14F3NO2S/c1-8-2-3-10(18-8)9(17)6-15(4-5-16)7-11(12,13)14/h2-3,16H,4-7H2,1H3. The van der Waals surface area contributed by atoms with Crippen molar-refractivity contribution in [1.82, 2.24) is 4.90 Å². The Bertz CT molecular complexity index is 403. The maximum atomic E-state index is 12.3. The van der Waals surface area contributed by atoms with E-state index in [0.29, 0.717) is 4.88 Å². The molecule has 3 nitrogen and oxygen atoms in total. The van der Waals surface area contributed by atoms with Crippen LogP contribution in [0.5, 0.6) is 0 Å². The second-order valence-electron chi connectivity index (χ2n) is 3.88. The number of halogens is 3. The van der Waals surface area contributed by atoms with Crippen LogP contribution in [0.25, 0.3) is 0 Å².